The lowest BCUT2D eigenvalue weighted by molar-refractivity contribution is -0.134. The second-order valence-electron chi connectivity index (χ2n) is 8.95. The number of aromatic nitrogens is 1. The summed E-state index contributed by atoms with van der Waals surface area (Å²) in [6.45, 7) is 2.27. The molecule has 0 spiro atoms. The second-order valence-corrected chi connectivity index (χ2v) is 8.95. The normalized spacial score (nSPS) is 11.2. The first-order valence-corrected chi connectivity index (χ1v) is 12.9. The van der Waals surface area contributed by atoms with E-state index in [1.165, 1.54) is 70.6 Å². The summed E-state index contributed by atoms with van der Waals surface area (Å²) in [5.74, 6) is 0.783. The molecule has 0 saturated heterocycles. The van der Waals surface area contributed by atoms with E-state index in [2.05, 4.69) is 11.9 Å². The fraction of sp³-hybridized carbons (Fsp3) is 0.517. The molecular formula is C29H39NO3. The van der Waals surface area contributed by atoms with Crippen molar-refractivity contribution in [1.29, 1.82) is 0 Å². The van der Waals surface area contributed by atoms with Gasteiger partial charge in [0.25, 0.3) is 0 Å². The number of hydrogen-bond acceptors (Lipinski definition) is 4. The summed E-state index contributed by atoms with van der Waals surface area (Å²) in [5, 5.41) is 0. The quantitative estimate of drug-likeness (QED) is 0.124. The molecule has 33 heavy (non-hydrogen) atoms. The molecule has 0 fully saturated rings. The van der Waals surface area contributed by atoms with E-state index < -0.39 is 0 Å². The number of esters is 1. The van der Waals surface area contributed by atoms with E-state index >= 15 is 0 Å². The molecule has 0 unspecified atom stereocenters. The van der Waals surface area contributed by atoms with Gasteiger partial charge in [0.05, 0.1) is 5.56 Å². The molecule has 0 aliphatic heterocycles. The van der Waals surface area contributed by atoms with Crippen LogP contribution in [0.1, 0.15) is 96.8 Å². The molecule has 0 radical (unpaired) electrons. The molecular weight excluding hydrogens is 410 g/mol. The van der Waals surface area contributed by atoms with Crippen LogP contribution in [-0.2, 0) is 4.79 Å². The molecule has 1 aromatic heterocycles. The van der Waals surface area contributed by atoms with Crippen molar-refractivity contribution in [3.8, 4) is 17.2 Å². The van der Waals surface area contributed by atoms with Crippen LogP contribution in [0.25, 0.3) is 22.6 Å². The Morgan fingerprint density at radius 2 is 1.33 bits per heavy atom. The number of carbonyl (C=O) groups excluding carboxylic acids is 1. The number of rotatable bonds is 16. The average Bonchev–Trinajstić information content (AvgIpc) is 3.26. The molecule has 3 rings (SSSR count). The predicted molar refractivity (Wildman–Crippen MR) is 135 cm³/mol. The number of oxazole rings is 1. The van der Waals surface area contributed by atoms with Crippen LogP contribution in [0, 0.1) is 0 Å². The third kappa shape index (κ3) is 8.68. The summed E-state index contributed by atoms with van der Waals surface area (Å²) < 4.78 is 11.5. The lowest BCUT2D eigenvalue weighted by Crippen LogP contribution is -2.08. The smallest absolute Gasteiger partial charge is 0.311 e. The molecule has 3 aromatic rings. The number of ether oxygens (including phenoxy) is 1. The molecule has 4 heteroatoms. The first-order valence-electron chi connectivity index (χ1n) is 12.9. The molecule has 0 aliphatic carbocycles. The van der Waals surface area contributed by atoms with Crippen LogP contribution in [0.3, 0.4) is 0 Å². The monoisotopic (exact) mass is 449 g/mol. The minimum Gasteiger partial charge on any atom is -0.436 e. The standard InChI is InChI=1S/C29H39NO3/c1-2-3-4-5-6-7-8-9-10-11-12-13-14-23-28(31)32-26-21-17-15-19-24(26)29-30-25-20-16-18-22-27(25)33-29/h15-22H,2-14,23H2,1H3. The highest BCUT2D eigenvalue weighted by Gasteiger charge is 2.15. The maximum Gasteiger partial charge on any atom is 0.311 e. The van der Waals surface area contributed by atoms with E-state index in [0.29, 0.717) is 23.6 Å². The number of fused-ring (bicyclic) bond motifs is 1. The number of carbonyl (C=O) groups is 1. The van der Waals surface area contributed by atoms with Crippen LogP contribution in [0.5, 0.6) is 5.75 Å². The Hall–Kier alpha value is -2.62. The highest BCUT2D eigenvalue weighted by molar-refractivity contribution is 5.79. The Labute approximate surface area is 198 Å². The first kappa shape index (κ1) is 25.0. The van der Waals surface area contributed by atoms with Gasteiger partial charge in [-0.15, -0.1) is 0 Å². The van der Waals surface area contributed by atoms with Crippen molar-refractivity contribution in [3.63, 3.8) is 0 Å². The minimum atomic E-state index is -0.193. The molecule has 0 atom stereocenters. The van der Waals surface area contributed by atoms with Crippen LogP contribution >= 0.6 is 0 Å². The fourth-order valence-corrected chi connectivity index (χ4v) is 4.18. The lowest BCUT2D eigenvalue weighted by atomic mass is 10.0. The van der Waals surface area contributed by atoms with E-state index in [1.807, 2.05) is 42.5 Å². The molecule has 0 saturated carbocycles. The summed E-state index contributed by atoms with van der Waals surface area (Å²) in [5.41, 5.74) is 2.22. The molecule has 0 aliphatic rings. The average molecular weight is 450 g/mol. The van der Waals surface area contributed by atoms with Gasteiger partial charge in [-0.25, -0.2) is 4.98 Å². The zero-order valence-electron chi connectivity index (χ0n) is 20.2. The SMILES string of the molecule is CCCCCCCCCCCCCCCC(=O)Oc1ccccc1-c1nc2ccccc2o1. The molecule has 2 aromatic carbocycles. The molecule has 4 nitrogen and oxygen atoms in total. The third-order valence-electron chi connectivity index (χ3n) is 6.12. The van der Waals surface area contributed by atoms with Gasteiger partial charge >= 0.3 is 5.97 Å². The Kier molecular flexibility index (Phi) is 11.0. The summed E-state index contributed by atoms with van der Waals surface area (Å²) in [7, 11) is 0. The van der Waals surface area contributed by atoms with Gasteiger partial charge in [-0.2, -0.15) is 0 Å². The van der Waals surface area contributed by atoms with Gasteiger partial charge in [-0.1, -0.05) is 108 Å². The largest absolute Gasteiger partial charge is 0.436 e. The van der Waals surface area contributed by atoms with E-state index in [9.17, 15) is 4.79 Å². The van der Waals surface area contributed by atoms with Gasteiger partial charge in [-0.3, -0.25) is 4.79 Å². The van der Waals surface area contributed by atoms with Crippen molar-refractivity contribution in [2.24, 2.45) is 0 Å². The van der Waals surface area contributed by atoms with Crippen molar-refractivity contribution >= 4 is 17.1 Å². The highest BCUT2D eigenvalue weighted by Crippen LogP contribution is 2.31. The summed E-state index contributed by atoms with van der Waals surface area (Å²) in [6, 6.07) is 15.1. The van der Waals surface area contributed by atoms with Gasteiger partial charge in [0, 0.05) is 6.42 Å². The van der Waals surface area contributed by atoms with Gasteiger partial charge in [0.1, 0.15) is 11.3 Å². The molecule has 0 amide bonds. The van der Waals surface area contributed by atoms with Gasteiger partial charge in [-0.05, 0) is 30.7 Å². The van der Waals surface area contributed by atoms with Crippen molar-refractivity contribution in [3.05, 3.63) is 48.5 Å². The van der Waals surface area contributed by atoms with Crippen LogP contribution in [-0.4, -0.2) is 11.0 Å². The number of nitrogens with zero attached hydrogens (tertiary/aromatic N) is 1. The number of para-hydroxylation sites is 3. The number of unbranched alkanes of at least 4 members (excludes halogenated alkanes) is 12. The highest BCUT2D eigenvalue weighted by atomic mass is 16.5. The van der Waals surface area contributed by atoms with E-state index in [-0.39, 0.29) is 5.97 Å². The van der Waals surface area contributed by atoms with E-state index in [0.717, 1.165) is 23.9 Å². The van der Waals surface area contributed by atoms with E-state index in [4.69, 9.17) is 9.15 Å². The molecule has 0 bridgehead atoms. The van der Waals surface area contributed by atoms with Crippen LogP contribution in [0.4, 0.5) is 0 Å². The van der Waals surface area contributed by atoms with Crippen molar-refractivity contribution < 1.29 is 13.9 Å². The minimum absolute atomic E-state index is 0.193. The van der Waals surface area contributed by atoms with Crippen LogP contribution < -0.4 is 4.74 Å². The Morgan fingerprint density at radius 1 is 0.758 bits per heavy atom. The van der Waals surface area contributed by atoms with Crippen LogP contribution in [0.15, 0.2) is 52.9 Å². The Morgan fingerprint density at radius 3 is 2.00 bits per heavy atom. The fourth-order valence-electron chi connectivity index (χ4n) is 4.18. The van der Waals surface area contributed by atoms with E-state index in [1.54, 1.807) is 6.07 Å². The Balaban J connectivity index is 1.30. The second kappa shape index (κ2) is 14.5. The lowest BCUT2D eigenvalue weighted by Gasteiger charge is -2.08. The zero-order valence-corrected chi connectivity index (χ0v) is 20.2. The molecule has 0 N–H and O–H groups in total. The summed E-state index contributed by atoms with van der Waals surface area (Å²) in [4.78, 5) is 16.9. The molecule has 1 heterocycles. The van der Waals surface area contributed by atoms with Crippen molar-refractivity contribution in [1.82, 2.24) is 4.98 Å². The zero-order chi connectivity index (χ0) is 23.1. The maximum absolute atomic E-state index is 12.4. The van der Waals surface area contributed by atoms with Crippen LogP contribution in [0.2, 0.25) is 0 Å². The summed E-state index contributed by atoms with van der Waals surface area (Å²) >= 11 is 0. The topological polar surface area (TPSA) is 52.3 Å². The molecule has 178 valence electrons. The first-order chi connectivity index (χ1) is 16.3. The van der Waals surface area contributed by atoms with Gasteiger partial charge < -0.3 is 9.15 Å². The van der Waals surface area contributed by atoms with Crippen molar-refractivity contribution in [2.75, 3.05) is 0 Å². The Bertz CT molecular complexity index is 929. The maximum atomic E-state index is 12.4. The van der Waals surface area contributed by atoms with Gasteiger partial charge in [0.2, 0.25) is 5.89 Å². The number of hydrogen-bond donors (Lipinski definition) is 0. The van der Waals surface area contributed by atoms with Crippen molar-refractivity contribution in [2.45, 2.75) is 96.8 Å². The summed E-state index contributed by atoms with van der Waals surface area (Å²) in [6.07, 6.45) is 17.2. The third-order valence-corrected chi connectivity index (χ3v) is 6.12. The van der Waals surface area contributed by atoms with Gasteiger partial charge in [0.15, 0.2) is 5.58 Å². The predicted octanol–water partition coefficient (Wildman–Crippen LogP) is 8.88. The number of benzene rings is 2.